The lowest BCUT2D eigenvalue weighted by molar-refractivity contribution is -0.142. The topological polar surface area (TPSA) is 66.4 Å². The van der Waals surface area contributed by atoms with Crippen LogP contribution in [-0.2, 0) is 9.59 Å². The van der Waals surface area contributed by atoms with Crippen molar-refractivity contribution in [3.63, 3.8) is 0 Å². The van der Waals surface area contributed by atoms with Crippen LogP contribution in [0.2, 0.25) is 0 Å². The average Bonchev–Trinajstić information content (AvgIpc) is 2.87. The van der Waals surface area contributed by atoms with Gasteiger partial charge in [-0.1, -0.05) is 0 Å². The molecule has 1 rings (SSSR count). The van der Waals surface area contributed by atoms with Crippen LogP contribution in [0.4, 0.5) is 0 Å². The van der Waals surface area contributed by atoms with Crippen molar-refractivity contribution >= 4 is 11.9 Å². The molecule has 1 saturated carbocycles. The SMILES string of the molecule is CNC(=O)CCC(C(=O)O)C1CC1. The molecule has 1 amide bonds. The summed E-state index contributed by atoms with van der Waals surface area (Å²) in [5, 5.41) is 11.3. The maximum atomic E-state index is 10.9. The van der Waals surface area contributed by atoms with E-state index in [0.717, 1.165) is 12.8 Å². The van der Waals surface area contributed by atoms with E-state index in [0.29, 0.717) is 18.8 Å². The first-order chi connectivity index (χ1) is 6.15. The van der Waals surface area contributed by atoms with Gasteiger partial charge in [-0.2, -0.15) is 0 Å². The average molecular weight is 185 g/mol. The summed E-state index contributed by atoms with van der Waals surface area (Å²) in [6, 6.07) is 0. The Morgan fingerprint density at radius 1 is 1.54 bits per heavy atom. The van der Waals surface area contributed by atoms with Gasteiger partial charge >= 0.3 is 5.97 Å². The minimum atomic E-state index is -0.758. The fraction of sp³-hybridized carbons (Fsp3) is 0.778. The molecule has 1 atom stereocenters. The van der Waals surface area contributed by atoms with Gasteiger partial charge in [0.05, 0.1) is 5.92 Å². The predicted octanol–water partition coefficient (Wildman–Crippen LogP) is 0.623. The van der Waals surface area contributed by atoms with Crippen molar-refractivity contribution in [2.45, 2.75) is 25.7 Å². The Kier molecular flexibility index (Phi) is 3.28. The summed E-state index contributed by atoms with van der Waals surface area (Å²) in [6.45, 7) is 0. The molecule has 4 heteroatoms. The van der Waals surface area contributed by atoms with Crippen molar-refractivity contribution < 1.29 is 14.7 Å². The van der Waals surface area contributed by atoms with Crippen molar-refractivity contribution in [3.8, 4) is 0 Å². The summed E-state index contributed by atoms with van der Waals surface area (Å²) in [7, 11) is 1.56. The monoisotopic (exact) mass is 185 g/mol. The number of carboxylic acid groups (broad SMARTS) is 1. The van der Waals surface area contributed by atoms with E-state index in [1.807, 2.05) is 0 Å². The van der Waals surface area contributed by atoms with Gasteiger partial charge in [0.2, 0.25) is 5.91 Å². The van der Waals surface area contributed by atoms with Crippen molar-refractivity contribution in [2.24, 2.45) is 11.8 Å². The lowest BCUT2D eigenvalue weighted by Gasteiger charge is -2.09. The van der Waals surface area contributed by atoms with Gasteiger partial charge in [0.1, 0.15) is 0 Å². The summed E-state index contributed by atoms with van der Waals surface area (Å²) >= 11 is 0. The lowest BCUT2D eigenvalue weighted by Crippen LogP contribution is -2.22. The van der Waals surface area contributed by atoms with Crippen LogP contribution in [0, 0.1) is 11.8 Å². The molecule has 74 valence electrons. The van der Waals surface area contributed by atoms with Gasteiger partial charge in [0.15, 0.2) is 0 Å². The molecular weight excluding hydrogens is 170 g/mol. The van der Waals surface area contributed by atoms with Crippen LogP contribution in [0.5, 0.6) is 0 Å². The number of carboxylic acids is 1. The molecule has 0 aliphatic heterocycles. The van der Waals surface area contributed by atoms with Gasteiger partial charge in [-0.3, -0.25) is 9.59 Å². The molecule has 1 fully saturated rings. The van der Waals surface area contributed by atoms with E-state index in [4.69, 9.17) is 5.11 Å². The Hall–Kier alpha value is -1.06. The van der Waals surface area contributed by atoms with E-state index in [9.17, 15) is 9.59 Å². The Labute approximate surface area is 77.3 Å². The zero-order valence-corrected chi connectivity index (χ0v) is 7.75. The third-order valence-corrected chi connectivity index (χ3v) is 2.47. The number of hydrogen-bond donors (Lipinski definition) is 2. The first-order valence-corrected chi connectivity index (χ1v) is 4.58. The van der Waals surface area contributed by atoms with Gasteiger partial charge in [0.25, 0.3) is 0 Å². The van der Waals surface area contributed by atoms with E-state index >= 15 is 0 Å². The van der Waals surface area contributed by atoms with Crippen LogP contribution in [0.25, 0.3) is 0 Å². The molecule has 0 saturated heterocycles. The molecule has 0 spiro atoms. The number of carbonyl (C=O) groups is 2. The van der Waals surface area contributed by atoms with Crippen molar-refractivity contribution in [1.29, 1.82) is 0 Å². The van der Waals surface area contributed by atoms with E-state index in [1.54, 1.807) is 7.05 Å². The normalized spacial score (nSPS) is 17.9. The summed E-state index contributed by atoms with van der Waals surface area (Å²) in [5.41, 5.74) is 0. The molecule has 1 aliphatic rings. The van der Waals surface area contributed by atoms with E-state index in [2.05, 4.69) is 5.32 Å². The molecule has 1 unspecified atom stereocenters. The number of aliphatic carboxylic acids is 1. The van der Waals surface area contributed by atoms with Crippen LogP contribution in [0.3, 0.4) is 0 Å². The molecule has 2 N–H and O–H groups in total. The maximum absolute atomic E-state index is 10.9. The summed E-state index contributed by atoms with van der Waals surface area (Å²) in [5.74, 6) is -0.822. The van der Waals surface area contributed by atoms with E-state index in [1.165, 1.54) is 0 Å². The number of nitrogens with one attached hydrogen (secondary N) is 1. The van der Waals surface area contributed by atoms with Crippen LogP contribution in [0.15, 0.2) is 0 Å². The van der Waals surface area contributed by atoms with E-state index in [-0.39, 0.29) is 11.8 Å². The van der Waals surface area contributed by atoms with Gasteiger partial charge in [-0.25, -0.2) is 0 Å². The zero-order valence-electron chi connectivity index (χ0n) is 7.75. The highest BCUT2D eigenvalue weighted by Crippen LogP contribution is 2.39. The second-order valence-corrected chi connectivity index (χ2v) is 3.49. The number of hydrogen-bond acceptors (Lipinski definition) is 2. The zero-order chi connectivity index (χ0) is 9.84. The third-order valence-electron chi connectivity index (χ3n) is 2.47. The summed E-state index contributed by atoms with van der Waals surface area (Å²) in [4.78, 5) is 21.6. The number of amides is 1. The van der Waals surface area contributed by atoms with Gasteiger partial charge in [-0.05, 0) is 25.2 Å². The summed E-state index contributed by atoms with van der Waals surface area (Å²) < 4.78 is 0. The lowest BCUT2D eigenvalue weighted by atomic mass is 9.98. The number of rotatable bonds is 5. The van der Waals surface area contributed by atoms with Gasteiger partial charge in [-0.15, -0.1) is 0 Å². The Bertz CT molecular complexity index is 211. The summed E-state index contributed by atoms with van der Waals surface area (Å²) in [6.07, 6.45) is 2.80. The molecule has 0 aromatic rings. The third kappa shape index (κ3) is 3.05. The van der Waals surface area contributed by atoms with Crippen molar-refractivity contribution in [1.82, 2.24) is 5.32 Å². The fourth-order valence-electron chi connectivity index (χ4n) is 1.47. The molecule has 0 aromatic heterocycles. The molecule has 4 nitrogen and oxygen atoms in total. The first-order valence-electron chi connectivity index (χ1n) is 4.58. The quantitative estimate of drug-likeness (QED) is 0.660. The molecule has 0 aromatic carbocycles. The van der Waals surface area contributed by atoms with Gasteiger partial charge in [0, 0.05) is 13.5 Å². The van der Waals surface area contributed by atoms with Crippen molar-refractivity contribution in [2.75, 3.05) is 7.05 Å². The van der Waals surface area contributed by atoms with Crippen LogP contribution >= 0.6 is 0 Å². The van der Waals surface area contributed by atoms with Crippen LogP contribution in [-0.4, -0.2) is 24.0 Å². The molecule has 0 bridgehead atoms. The Balaban J connectivity index is 2.30. The van der Waals surface area contributed by atoms with Crippen LogP contribution in [0.1, 0.15) is 25.7 Å². The molecule has 0 heterocycles. The van der Waals surface area contributed by atoms with Crippen LogP contribution < -0.4 is 5.32 Å². The maximum Gasteiger partial charge on any atom is 0.306 e. The largest absolute Gasteiger partial charge is 0.481 e. The fourth-order valence-corrected chi connectivity index (χ4v) is 1.47. The molecule has 1 aliphatic carbocycles. The second kappa shape index (κ2) is 4.25. The minimum Gasteiger partial charge on any atom is -0.481 e. The highest BCUT2D eigenvalue weighted by atomic mass is 16.4. The smallest absolute Gasteiger partial charge is 0.306 e. The Morgan fingerprint density at radius 3 is 2.54 bits per heavy atom. The van der Waals surface area contributed by atoms with Gasteiger partial charge < -0.3 is 10.4 Å². The highest BCUT2D eigenvalue weighted by Gasteiger charge is 2.35. The second-order valence-electron chi connectivity index (χ2n) is 3.49. The first kappa shape index (κ1) is 10.0. The Morgan fingerprint density at radius 2 is 2.15 bits per heavy atom. The molecule has 0 radical (unpaired) electrons. The number of carbonyl (C=O) groups excluding carboxylic acids is 1. The highest BCUT2D eigenvalue weighted by molar-refractivity contribution is 5.77. The van der Waals surface area contributed by atoms with E-state index < -0.39 is 5.97 Å². The standard InChI is InChI=1S/C9H15NO3/c1-10-8(11)5-4-7(9(12)13)6-2-3-6/h6-7H,2-5H2,1H3,(H,10,11)(H,12,13). The molecular formula is C9H15NO3. The predicted molar refractivity (Wildman–Crippen MR) is 47.2 cm³/mol. The minimum absolute atomic E-state index is 0.0769. The van der Waals surface area contributed by atoms with Crippen molar-refractivity contribution in [3.05, 3.63) is 0 Å². The molecule has 13 heavy (non-hydrogen) atoms.